The Hall–Kier alpha value is -2.73. The van der Waals surface area contributed by atoms with E-state index in [0.717, 1.165) is 0 Å². The molecule has 0 saturated carbocycles. The Morgan fingerprint density at radius 1 is 0.824 bits per heavy atom. The van der Waals surface area contributed by atoms with Crippen LogP contribution >= 0.6 is 0 Å². The largest absolute Gasteiger partial charge is 0.480 e. The van der Waals surface area contributed by atoms with E-state index in [2.05, 4.69) is 16.0 Å². The SMILES string of the molecule is CC(C)CC(NC(=O)C(NC(=O)C(CCCCN)NC(=O)C(N)CCC(N)=O)C(C)C)C(=O)O. The molecule has 0 saturated heterocycles. The number of nitrogens with two attached hydrogens (primary N) is 3. The lowest BCUT2D eigenvalue weighted by Crippen LogP contribution is -2.58. The number of carbonyl (C=O) groups is 5. The van der Waals surface area contributed by atoms with E-state index >= 15 is 0 Å². The molecule has 12 heteroatoms. The molecule has 0 aliphatic rings. The minimum Gasteiger partial charge on any atom is -0.480 e. The third-order valence-electron chi connectivity index (χ3n) is 5.19. The van der Waals surface area contributed by atoms with Crippen LogP contribution in [0.25, 0.3) is 0 Å². The lowest BCUT2D eigenvalue weighted by atomic mass is 9.99. The van der Waals surface area contributed by atoms with Crippen molar-refractivity contribution in [2.24, 2.45) is 29.0 Å². The topological polar surface area (TPSA) is 220 Å². The Kier molecular flexibility index (Phi) is 14.7. The molecule has 0 aromatic carbocycles. The lowest BCUT2D eigenvalue weighted by Gasteiger charge is -2.27. The maximum atomic E-state index is 13.0. The van der Waals surface area contributed by atoms with Crippen LogP contribution < -0.4 is 33.2 Å². The molecule has 0 spiro atoms. The smallest absolute Gasteiger partial charge is 0.326 e. The van der Waals surface area contributed by atoms with Crippen molar-refractivity contribution in [2.45, 2.75) is 90.4 Å². The number of nitrogens with one attached hydrogen (secondary N) is 3. The van der Waals surface area contributed by atoms with Crippen molar-refractivity contribution in [3.8, 4) is 0 Å². The standard InChI is InChI=1S/C22H42N6O6/c1-12(2)11-16(22(33)34)27-21(32)18(13(3)4)28-20(31)15(7-5-6-10-23)26-19(30)14(24)8-9-17(25)29/h12-16,18H,5-11,23-24H2,1-4H3,(H2,25,29)(H,26,30)(H,27,32)(H,28,31)(H,33,34). The number of amides is 4. The number of carboxylic acid groups (broad SMARTS) is 1. The number of hydrogen-bond acceptors (Lipinski definition) is 7. The summed E-state index contributed by atoms with van der Waals surface area (Å²) in [6.07, 6.45) is 1.61. The second kappa shape index (κ2) is 16.0. The van der Waals surface area contributed by atoms with E-state index in [4.69, 9.17) is 17.2 Å². The molecule has 0 rings (SSSR count). The number of carboxylic acids is 1. The molecular weight excluding hydrogens is 444 g/mol. The Morgan fingerprint density at radius 3 is 1.88 bits per heavy atom. The molecule has 0 bridgehead atoms. The van der Waals surface area contributed by atoms with Gasteiger partial charge in [-0.3, -0.25) is 19.2 Å². The average molecular weight is 487 g/mol. The second-order valence-electron chi connectivity index (χ2n) is 9.22. The Bertz CT molecular complexity index is 699. The monoisotopic (exact) mass is 486 g/mol. The summed E-state index contributed by atoms with van der Waals surface area (Å²) < 4.78 is 0. The maximum absolute atomic E-state index is 13.0. The van der Waals surface area contributed by atoms with Crippen LogP contribution in [-0.4, -0.2) is 65.4 Å². The first kappa shape index (κ1) is 31.3. The number of rotatable bonds is 17. The molecule has 10 N–H and O–H groups in total. The fourth-order valence-electron chi connectivity index (χ4n) is 3.21. The molecule has 4 atom stereocenters. The van der Waals surface area contributed by atoms with Gasteiger partial charge < -0.3 is 38.3 Å². The van der Waals surface area contributed by atoms with Crippen LogP contribution in [0.15, 0.2) is 0 Å². The van der Waals surface area contributed by atoms with Gasteiger partial charge >= 0.3 is 5.97 Å². The molecule has 4 amide bonds. The molecule has 0 fully saturated rings. The van der Waals surface area contributed by atoms with Gasteiger partial charge in [0.15, 0.2) is 0 Å². The number of hydrogen-bond donors (Lipinski definition) is 7. The van der Waals surface area contributed by atoms with Crippen molar-refractivity contribution in [2.75, 3.05) is 6.54 Å². The molecule has 0 heterocycles. The Labute approximate surface area is 201 Å². The van der Waals surface area contributed by atoms with Crippen molar-refractivity contribution in [1.29, 1.82) is 0 Å². The van der Waals surface area contributed by atoms with Crippen LogP contribution in [0, 0.1) is 11.8 Å². The predicted octanol–water partition coefficient (Wildman–Crippen LogP) is -1.05. The van der Waals surface area contributed by atoms with Crippen LogP contribution in [0.5, 0.6) is 0 Å². The normalized spacial score (nSPS) is 14.7. The number of primary amides is 1. The second-order valence-corrected chi connectivity index (χ2v) is 9.22. The van der Waals surface area contributed by atoms with Crippen molar-refractivity contribution < 1.29 is 29.1 Å². The lowest BCUT2D eigenvalue weighted by molar-refractivity contribution is -0.143. The Balaban J connectivity index is 5.41. The van der Waals surface area contributed by atoms with E-state index in [-0.39, 0.29) is 37.5 Å². The van der Waals surface area contributed by atoms with Gasteiger partial charge in [-0.05, 0) is 50.5 Å². The highest BCUT2D eigenvalue weighted by atomic mass is 16.4. The van der Waals surface area contributed by atoms with Crippen molar-refractivity contribution >= 4 is 29.6 Å². The highest BCUT2D eigenvalue weighted by Gasteiger charge is 2.32. The van der Waals surface area contributed by atoms with E-state index in [1.165, 1.54) is 0 Å². The van der Waals surface area contributed by atoms with Gasteiger partial charge in [0.25, 0.3) is 0 Å². The third-order valence-corrected chi connectivity index (χ3v) is 5.19. The summed E-state index contributed by atoms with van der Waals surface area (Å²) in [5.74, 6) is -3.91. The highest BCUT2D eigenvalue weighted by molar-refractivity contribution is 5.94. The first-order chi connectivity index (χ1) is 15.8. The molecule has 4 unspecified atom stereocenters. The first-order valence-electron chi connectivity index (χ1n) is 11.7. The minimum absolute atomic E-state index is 0.0295. The summed E-state index contributed by atoms with van der Waals surface area (Å²) in [5, 5.41) is 17.1. The van der Waals surface area contributed by atoms with Gasteiger partial charge in [-0.2, -0.15) is 0 Å². The van der Waals surface area contributed by atoms with Crippen molar-refractivity contribution in [1.82, 2.24) is 16.0 Å². The van der Waals surface area contributed by atoms with Gasteiger partial charge in [-0.25, -0.2) is 4.79 Å². The van der Waals surface area contributed by atoms with Crippen LogP contribution in [-0.2, 0) is 24.0 Å². The van der Waals surface area contributed by atoms with Crippen LogP contribution in [0.4, 0.5) is 0 Å². The predicted molar refractivity (Wildman–Crippen MR) is 127 cm³/mol. The summed E-state index contributed by atoms with van der Waals surface area (Å²) in [6, 6.07) is -4.12. The quantitative estimate of drug-likeness (QED) is 0.125. The Morgan fingerprint density at radius 2 is 1.41 bits per heavy atom. The summed E-state index contributed by atoms with van der Waals surface area (Å²) in [5.41, 5.74) is 16.4. The van der Waals surface area contributed by atoms with Gasteiger partial charge in [0, 0.05) is 6.42 Å². The zero-order valence-corrected chi connectivity index (χ0v) is 20.6. The zero-order chi connectivity index (χ0) is 26.4. The molecule has 196 valence electrons. The summed E-state index contributed by atoms with van der Waals surface area (Å²) in [6.45, 7) is 7.51. The van der Waals surface area contributed by atoms with Crippen molar-refractivity contribution in [3.63, 3.8) is 0 Å². The van der Waals surface area contributed by atoms with Crippen LogP contribution in [0.1, 0.15) is 66.2 Å². The fraction of sp³-hybridized carbons (Fsp3) is 0.773. The average Bonchev–Trinajstić information content (AvgIpc) is 2.73. The molecule has 0 radical (unpaired) electrons. The molecule has 12 nitrogen and oxygen atoms in total. The van der Waals surface area contributed by atoms with Gasteiger partial charge in [-0.1, -0.05) is 27.7 Å². The minimum atomic E-state index is -1.16. The molecule has 34 heavy (non-hydrogen) atoms. The fourth-order valence-corrected chi connectivity index (χ4v) is 3.21. The molecule has 0 aliphatic carbocycles. The molecule has 0 aliphatic heterocycles. The van der Waals surface area contributed by atoms with Gasteiger partial charge in [-0.15, -0.1) is 0 Å². The van der Waals surface area contributed by atoms with Gasteiger partial charge in [0.1, 0.15) is 18.1 Å². The zero-order valence-electron chi connectivity index (χ0n) is 20.6. The molecular formula is C22H42N6O6. The van der Waals surface area contributed by atoms with Crippen LogP contribution in [0.2, 0.25) is 0 Å². The van der Waals surface area contributed by atoms with Gasteiger partial charge in [0.05, 0.1) is 6.04 Å². The van der Waals surface area contributed by atoms with E-state index in [9.17, 15) is 29.1 Å². The maximum Gasteiger partial charge on any atom is 0.326 e. The molecule has 0 aromatic rings. The van der Waals surface area contributed by atoms with E-state index in [1.54, 1.807) is 13.8 Å². The highest BCUT2D eigenvalue weighted by Crippen LogP contribution is 2.09. The first-order valence-corrected chi connectivity index (χ1v) is 11.7. The van der Waals surface area contributed by atoms with E-state index in [1.807, 2.05) is 13.8 Å². The van der Waals surface area contributed by atoms with E-state index < -0.39 is 53.8 Å². The summed E-state index contributed by atoms with van der Waals surface area (Å²) in [7, 11) is 0. The van der Waals surface area contributed by atoms with E-state index in [0.29, 0.717) is 19.4 Å². The number of unbranched alkanes of at least 4 members (excludes halogenated alkanes) is 1. The summed E-state index contributed by atoms with van der Waals surface area (Å²) in [4.78, 5) is 60.7. The molecule has 0 aromatic heterocycles. The van der Waals surface area contributed by atoms with Gasteiger partial charge in [0.2, 0.25) is 23.6 Å². The van der Waals surface area contributed by atoms with Crippen LogP contribution in [0.3, 0.4) is 0 Å². The summed E-state index contributed by atoms with van der Waals surface area (Å²) >= 11 is 0. The van der Waals surface area contributed by atoms with Crippen molar-refractivity contribution in [3.05, 3.63) is 0 Å². The number of aliphatic carboxylic acids is 1. The number of carbonyl (C=O) groups excluding carboxylic acids is 4. The third kappa shape index (κ3) is 12.5.